The van der Waals surface area contributed by atoms with Crippen molar-refractivity contribution in [1.82, 2.24) is 20.5 Å². The van der Waals surface area contributed by atoms with Crippen molar-refractivity contribution in [2.45, 2.75) is 39.9 Å². The molecule has 0 radical (unpaired) electrons. The molecule has 3 aromatic rings. The zero-order valence-corrected chi connectivity index (χ0v) is 21.8. The van der Waals surface area contributed by atoms with Crippen molar-refractivity contribution in [3.63, 3.8) is 0 Å². The Morgan fingerprint density at radius 3 is 2.52 bits per heavy atom. The lowest BCUT2D eigenvalue weighted by molar-refractivity contribution is 0.287. The van der Waals surface area contributed by atoms with Gasteiger partial charge < -0.3 is 15.1 Å². The Bertz CT molecular complexity index is 935. The van der Waals surface area contributed by atoms with Gasteiger partial charge in [-0.15, -0.1) is 35.3 Å². The highest BCUT2D eigenvalue weighted by atomic mass is 127. The third-order valence-electron chi connectivity index (χ3n) is 4.94. The molecule has 0 aliphatic heterocycles. The summed E-state index contributed by atoms with van der Waals surface area (Å²) in [5.41, 5.74) is 3.69. The predicted octanol–water partition coefficient (Wildman–Crippen LogP) is 4.51. The van der Waals surface area contributed by atoms with E-state index in [0.717, 1.165) is 55.0 Å². The lowest BCUT2D eigenvalue weighted by Gasteiger charge is -2.19. The summed E-state index contributed by atoms with van der Waals surface area (Å²) >= 11 is 1.77. The summed E-state index contributed by atoms with van der Waals surface area (Å²) in [4.78, 5) is 12.5. The van der Waals surface area contributed by atoms with Gasteiger partial charge >= 0.3 is 0 Å². The number of furan rings is 1. The van der Waals surface area contributed by atoms with Gasteiger partial charge in [0.05, 0.1) is 23.5 Å². The van der Waals surface area contributed by atoms with Crippen LogP contribution in [0.3, 0.4) is 0 Å². The average Bonchev–Trinajstić information content (AvgIpc) is 3.35. The Balaban J connectivity index is 0.00000341. The lowest BCUT2D eigenvalue weighted by Crippen LogP contribution is -2.38. The van der Waals surface area contributed by atoms with E-state index >= 15 is 0 Å². The van der Waals surface area contributed by atoms with E-state index in [1.807, 2.05) is 12.1 Å². The first-order valence-corrected chi connectivity index (χ1v) is 11.0. The average molecular weight is 554 g/mol. The fourth-order valence-electron chi connectivity index (χ4n) is 3.23. The van der Waals surface area contributed by atoms with Crippen molar-refractivity contribution < 1.29 is 4.42 Å². The maximum absolute atomic E-state index is 5.46. The molecule has 0 unspecified atom stereocenters. The molecule has 1 aromatic carbocycles. The highest BCUT2D eigenvalue weighted by Crippen LogP contribution is 2.16. The van der Waals surface area contributed by atoms with Crippen LogP contribution in [-0.2, 0) is 26.1 Å². The third kappa shape index (κ3) is 7.93. The van der Waals surface area contributed by atoms with Gasteiger partial charge in [-0.3, -0.25) is 9.89 Å². The molecule has 0 amide bonds. The van der Waals surface area contributed by atoms with E-state index < -0.39 is 0 Å². The number of nitrogens with zero attached hydrogens (tertiary/aromatic N) is 3. The van der Waals surface area contributed by atoms with Gasteiger partial charge in [0, 0.05) is 38.0 Å². The van der Waals surface area contributed by atoms with Crippen LogP contribution < -0.4 is 10.6 Å². The number of hydrogen-bond donors (Lipinski definition) is 2. The molecule has 2 N–H and O–H groups in total. The number of aryl methyl sites for hydroxylation is 2. The first kappa shape index (κ1) is 25.4. The molecule has 0 saturated carbocycles. The van der Waals surface area contributed by atoms with Crippen molar-refractivity contribution in [3.8, 4) is 0 Å². The number of hydrogen-bond acceptors (Lipinski definition) is 5. The fraction of sp³-hybridized carbons (Fsp3) is 0.391. The molecule has 2 heterocycles. The van der Waals surface area contributed by atoms with Crippen LogP contribution in [0.25, 0.3) is 0 Å². The Morgan fingerprint density at radius 2 is 1.87 bits per heavy atom. The van der Waals surface area contributed by atoms with Crippen LogP contribution in [0.5, 0.6) is 0 Å². The molecule has 0 aliphatic rings. The number of aliphatic imine (C=N–C) groups is 1. The van der Waals surface area contributed by atoms with Crippen LogP contribution in [0.4, 0.5) is 0 Å². The highest BCUT2D eigenvalue weighted by molar-refractivity contribution is 14.0. The second kappa shape index (κ2) is 12.8. The van der Waals surface area contributed by atoms with Gasteiger partial charge in [-0.25, -0.2) is 4.98 Å². The van der Waals surface area contributed by atoms with Crippen molar-refractivity contribution in [2.24, 2.45) is 4.99 Å². The van der Waals surface area contributed by atoms with Crippen molar-refractivity contribution in [1.29, 1.82) is 0 Å². The topological polar surface area (TPSA) is 65.7 Å². The van der Waals surface area contributed by atoms with E-state index in [9.17, 15) is 0 Å². The van der Waals surface area contributed by atoms with Crippen molar-refractivity contribution >= 4 is 41.3 Å². The van der Waals surface area contributed by atoms with E-state index in [2.05, 4.69) is 70.7 Å². The van der Waals surface area contributed by atoms with E-state index in [1.54, 1.807) is 24.6 Å². The van der Waals surface area contributed by atoms with Crippen LogP contribution in [0.15, 0.2) is 52.1 Å². The second-order valence-electron chi connectivity index (χ2n) is 7.37. The van der Waals surface area contributed by atoms with Gasteiger partial charge in [0.1, 0.15) is 5.76 Å². The van der Waals surface area contributed by atoms with Crippen LogP contribution in [-0.4, -0.2) is 36.5 Å². The maximum atomic E-state index is 5.46. The number of aromatic nitrogens is 1. The Labute approximate surface area is 206 Å². The SMILES string of the molecule is CN=C(NCCc1nc(C)c(C)s1)NCc1ccccc1CN(C)Cc1ccco1.I. The molecule has 0 atom stereocenters. The van der Waals surface area contributed by atoms with Crippen LogP contribution >= 0.6 is 35.3 Å². The number of rotatable bonds is 9. The molecule has 0 bridgehead atoms. The summed E-state index contributed by atoms with van der Waals surface area (Å²) in [5.74, 6) is 1.78. The van der Waals surface area contributed by atoms with Crippen molar-refractivity contribution in [2.75, 3.05) is 20.6 Å². The number of guanidine groups is 1. The minimum Gasteiger partial charge on any atom is -0.468 e. The normalized spacial score (nSPS) is 11.5. The molecule has 31 heavy (non-hydrogen) atoms. The summed E-state index contributed by atoms with van der Waals surface area (Å²) in [6.45, 7) is 7.35. The minimum atomic E-state index is 0. The van der Waals surface area contributed by atoms with E-state index in [0.29, 0.717) is 0 Å². The van der Waals surface area contributed by atoms with Gasteiger partial charge in [0.2, 0.25) is 0 Å². The van der Waals surface area contributed by atoms with Crippen molar-refractivity contribution in [3.05, 3.63) is 75.1 Å². The second-order valence-corrected chi connectivity index (χ2v) is 8.66. The van der Waals surface area contributed by atoms with E-state index in [-0.39, 0.29) is 24.0 Å². The Hall–Kier alpha value is -1.91. The van der Waals surface area contributed by atoms with Crippen LogP contribution in [0.2, 0.25) is 0 Å². The molecule has 0 aliphatic carbocycles. The summed E-state index contributed by atoms with van der Waals surface area (Å²) in [7, 11) is 3.91. The third-order valence-corrected chi connectivity index (χ3v) is 6.07. The standard InChI is InChI=1S/C23H31N5OS.HI/c1-17-18(2)30-22(27-17)11-12-25-23(24-3)26-14-19-8-5-6-9-20(19)15-28(4)16-21-10-7-13-29-21;/h5-10,13H,11-12,14-16H2,1-4H3,(H2,24,25,26);1H. The quantitative estimate of drug-likeness (QED) is 0.232. The Morgan fingerprint density at radius 1 is 1.10 bits per heavy atom. The van der Waals surface area contributed by atoms with E-state index in [1.165, 1.54) is 16.0 Å². The summed E-state index contributed by atoms with van der Waals surface area (Å²) in [6, 6.07) is 12.4. The zero-order valence-electron chi connectivity index (χ0n) is 18.6. The molecule has 3 rings (SSSR count). The smallest absolute Gasteiger partial charge is 0.191 e. The summed E-state index contributed by atoms with van der Waals surface area (Å²) in [6.07, 6.45) is 2.62. The van der Waals surface area contributed by atoms with E-state index in [4.69, 9.17) is 4.42 Å². The molecule has 8 heteroatoms. The molecule has 2 aromatic heterocycles. The Kier molecular flexibility index (Phi) is 10.5. The van der Waals surface area contributed by atoms with Gasteiger partial charge in [-0.1, -0.05) is 24.3 Å². The molecular weight excluding hydrogens is 521 g/mol. The van der Waals surface area contributed by atoms with Crippen LogP contribution in [0, 0.1) is 13.8 Å². The van der Waals surface area contributed by atoms with Gasteiger partial charge in [0.25, 0.3) is 0 Å². The molecule has 0 fully saturated rings. The fourth-order valence-corrected chi connectivity index (χ4v) is 4.17. The van der Waals surface area contributed by atoms with Gasteiger partial charge in [0.15, 0.2) is 5.96 Å². The number of nitrogens with one attached hydrogen (secondary N) is 2. The molecular formula is C23H32IN5OS. The summed E-state index contributed by atoms with van der Waals surface area (Å²) < 4.78 is 5.46. The lowest BCUT2D eigenvalue weighted by atomic mass is 10.1. The largest absolute Gasteiger partial charge is 0.468 e. The molecule has 168 valence electrons. The first-order chi connectivity index (χ1) is 14.5. The number of thiazole rings is 1. The molecule has 0 spiro atoms. The zero-order chi connectivity index (χ0) is 21.3. The molecule has 0 saturated heterocycles. The minimum absolute atomic E-state index is 0. The van der Waals surface area contributed by atoms with Gasteiger partial charge in [-0.05, 0) is 44.2 Å². The summed E-state index contributed by atoms with van der Waals surface area (Å²) in [5, 5.41) is 7.99. The van der Waals surface area contributed by atoms with Gasteiger partial charge in [-0.2, -0.15) is 0 Å². The first-order valence-electron chi connectivity index (χ1n) is 10.2. The monoisotopic (exact) mass is 553 g/mol. The number of benzene rings is 1. The maximum Gasteiger partial charge on any atom is 0.191 e. The molecule has 6 nitrogen and oxygen atoms in total. The number of halogens is 1. The predicted molar refractivity (Wildman–Crippen MR) is 139 cm³/mol. The van der Waals surface area contributed by atoms with Crippen LogP contribution in [0.1, 0.15) is 32.5 Å². The highest BCUT2D eigenvalue weighted by Gasteiger charge is 2.09.